The zero-order chi connectivity index (χ0) is 15.6. The molecule has 5 nitrogen and oxygen atoms in total. The van der Waals surface area contributed by atoms with Crippen molar-refractivity contribution < 1.29 is 14.0 Å². The van der Waals surface area contributed by atoms with Gasteiger partial charge in [0.25, 0.3) is 11.8 Å². The van der Waals surface area contributed by atoms with Crippen molar-refractivity contribution in [2.45, 2.75) is 6.92 Å². The quantitative estimate of drug-likeness (QED) is 0.865. The van der Waals surface area contributed by atoms with Crippen molar-refractivity contribution in [1.82, 2.24) is 5.32 Å². The molecule has 0 unspecified atom stereocenters. The molecule has 0 spiro atoms. The van der Waals surface area contributed by atoms with E-state index >= 15 is 0 Å². The fraction of sp³-hybridized carbons (Fsp3) is 0.143. The average Bonchev–Trinajstić information content (AvgIpc) is 2.79. The highest BCUT2D eigenvalue weighted by Crippen LogP contribution is 2.25. The Hall–Kier alpha value is -1.79. The summed E-state index contributed by atoms with van der Waals surface area (Å²) in [6.07, 6.45) is 0. The maximum Gasteiger partial charge on any atom is 0.291 e. The fourth-order valence-corrected chi connectivity index (χ4v) is 2.42. The summed E-state index contributed by atoms with van der Waals surface area (Å²) in [6, 6.07) is 6.32. The van der Waals surface area contributed by atoms with Crippen LogP contribution in [0.4, 0.5) is 5.69 Å². The van der Waals surface area contributed by atoms with E-state index in [0.717, 1.165) is 0 Å². The van der Waals surface area contributed by atoms with Gasteiger partial charge in [0.15, 0.2) is 10.4 Å². The van der Waals surface area contributed by atoms with Crippen LogP contribution >= 0.6 is 27.5 Å². The molecule has 2 amide bonds. The van der Waals surface area contributed by atoms with Crippen LogP contribution in [0.3, 0.4) is 0 Å². The Morgan fingerprint density at radius 3 is 2.52 bits per heavy atom. The number of carbonyl (C=O) groups excluding carboxylic acids is 2. The van der Waals surface area contributed by atoms with Crippen molar-refractivity contribution in [2.24, 2.45) is 0 Å². The zero-order valence-corrected chi connectivity index (χ0v) is 13.6. The number of halogens is 2. The van der Waals surface area contributed by atoms with Crippen LogP contribution in [0.5, 0.6) is 0 Å². The third-order valence-corrected chi connectivity index (χ3v) is 3.52. The molecule has 0 saturated heterocycles. The summed E-state index contributed by atoms with van der Waals surface area (Å²) in [7, 11) is 1.53. The lowest BCUT2D eigenvalue weighted by atomic mass is 10.2. The van der Waals surface area contributed by atoms with Gasteiger partial charge >= 0.3 is 0 Å². The topological polar surface area (TPSA) is 71.3 Å². The Labute approximate surface area is 134 Å². The highest BCUT2D eigenvalue weighted by Gasteiger charge is 2.17. The molecule has 0 saturated carbocycles. The minimum absolute atomic E-state index is 0.184. The van der Waals surface area contributed by atoms with Gasteiger partial charge in [-0.2, -0.15) is 0 Å². The molecule has 1 heterocycles. The van der Waals surface area contributed by atoms with E-state index in [9.17, 15) is 9.59 Å². The second kappa shape index (κ2) is 6.32. The summed E-state index contributed by atoms with van der Waals surface area (Å²) in [4.78, 5) is 23.8. The van der Waals surface area contributed by atoms with Gasteiger partial charge in [-0.15, -0.1) is 0 Å². The maximum atomic E-state index is 12.2. The predicted molar refractivity (Wildman–Crippen MR) is 83.9 cm³/mol. The third-order valence-electron chi connectivity index (χ3n) is 2.80. The normalized spacial score (nSPS) is 10.3. The number of nitrogens with one attached hydrogen (secondary N) is 2. The molecule has 21 heavy (non-hydrogen) atoms. The molecule has 2 aromatic rings. The number of hydrogen-bond donors (Lipinski definition) is 2. The van der Waals surface area contributed by atoms with Gasteiger partial charge in [0, 0.05) is 18.2 Å². The van der Waals surface area contributed by atoms with E-state index in [0.29, 0.717) is 26.5 Å². The molecule has 0 aliphatic rings. The monoisotopic (exact) mass is 370 g/mol. The van der Waals surface area contributed by atoms with Crippen LogP contribution < -0.4 is 10.6 Å². The highest BCUT2D eigenvalue weighted by molar-refractivity contribution is 9.10. The fourth-order valence-electron chi connectivity index (χ4n) is 1.75. The van der Waals surface area contributed by atoms with Crippen molar-refractivity contribution in [3.05, 3.63) is 50.8 Å². The first-order valence-corrected chi connectivity index (χ1v) is 7.18. The van der Waals surface area contributed by atoms with Crippen LogP contribution in [0.25, 0.3) is 0 Å². The van der Waals surface area contributed by atoms with Crippen molar-refractivity contribution in [3.63, 3.8) is 0 Å². The molecule has 0 aliphatic carbocycles. The Balaban J connectivity index is 2.28. The number of anilines is 1. The minimum atomic E-state index is -0.436. The Morgan fingerprint density at radius 1 is 1.24 bits per heavy atom. The summed E-state index contributed by atoms with van der Waals surface area (Å²) < 4.78 is 5.74. The van der Waals surface area contributed by atoms with Gasteiger partial charge in [-0.3, -0.25) is 9.59 Å². The minimum Gasteiger partial charge on any atom is -0.444 e. The zero-order valence-electron chi connectivity index (χ0n) is 11.3. The molecule has 2 N–H and O–H groups in total. The van der Waals surface area contributed by atoms with Gasteiger partial charge in [0.2, 0.25) is 0 Å². The molecule has 1 aromatic heterocycles. The SMILES string of the molecule is CNC(=O)c1ccc(Cl)c(NC(=O)c2oc(Br)cc2C)c1. The smallest absolute Gasteiger partial charge is 0.291 e. The Bertz CT molecular complexity index is 712. The first-order valence-electron chi connectivity index (χ1n) is 6.01. The molecule has 0 bridgehead atoms. The second-order valence-electron chi connectivity index (χ2n) is 4.29. The van der Waals surface area contributed by atoms with Crippen molar-refractivity contribution in [1.29, 1.82) is 0 Å². The van der Waals surface area contributed by atoms with Crippen molar-refractivity contribution in [2.75, 3.05) is 12.4 Å². The Morgan fingerprint density at radius 2 is 1.95 bits per heavy atom. The van der Waals surface area contributed by atoms with Crippen LogP contribution in [0.2, 0.25) is 5.02 Å². The van der Waals surface area contributed by atoms with Gasteiger partial charge in [-0.1, -0.05) is 11.6 Å². The summed E-state index contributed by atoms with van der Waals surface area (Å²) in [5.74, 6) is -0.517. The van der Waals surface area contributed by atoms with E-state index in [4.69, 9.17) is 16.0 Å². The van der Waals surface area contributed by atoms with Crippen LogP contribution in [-0.4, -0.2) is 18.9 Å². The van der Waals surface area contributed by atoms with Gasteiger partial charge in [-0.05, 0) is 47.1 Å². The van der Waals surface area contributed by atoms with E-state index in [1.807, 2.05) is 0 Å². The first kappa shape index (κ1) is 15.6. The van der Waals surface area contributed by atoms with Crippen LogP contribution in [0, 0.1) is 6.92 Å². The van der Waals surface area contributed by atoms with Gasteiger partial charge < -0.3 is 15.1 Å². The molecule has 0 aliphatic heterocycles. The van der Waals surface area contributed by atoms with E-state index < -0.39 is 5.91 Å². The maximum absolute atomic E-state index is 12.2. The molecule has 110 valence electrons. The number of furan rings is 1. The number of amides is 2. The van der Waals surface area contributed by atoms with E-state index in [-0.39, 0.29) is 11.7 Å². The molecule has 0 atom stereocenters. The molecular weight excluding hydrogens is 360 g/mol. The summed E-state index contributed by atoms with van der Waals surface area (Å²) in [6.45, 7) is 1.76. The van der Waals surface area contributed by atoms with Gasteiger partial charge in [0.1, 0.15) is 0 Å². The standard InChI is InChI=1S/C14H12BrClN2O3/c1-7-5-11(15)21-12(7)14(20)18-10-6-8(13(19)17-2)3-4-9(10)16/h3-6H,1-2H3,(H,17,19)(H,18,20). The number of rotatable bonds is 3. The lowest BCUT2D eigenvalue weighted by Crippen LogP contribution is -2.18. The molecule has 2 rings (SSSR count). The predicted octanol–water partition coefficient (Wildman–Crippen LogP) is 3.62. The molecule has 0 radical (unpaired) electrons. The van der Waals surface area contributed by atoms with Crippen LogP contribution in [0.15, 0.2) is 33.4 Å². The number of benzene rings is 1. The second-order valence-corrected chi connectivity index (χ2v) is 5.48. The largest absolute Gasteiger partial charge is 0.444 e. The lowest BCUT2D eigenvalue weighted by Gasteiger charge is -2.08. The summed E-state index contributed by atoms with van der Waals surface area (Å²) in [5, 5.41) is 5.47. The molecule has 7 heteroatoms. The van der Waals surface area contributed by atoms with Gasteiger partial charge in [-0.25, -0.2) is 0 Å². The number of hydrogen-bond acceptors (Lipinski definition) is 3. The van der Waals surface area contributed by atoms with Crippen molar-refractivity contribution in [3.8, 4) is 0 Å². The van der Waals surface area contributed by atoms with Crippen molar-refractivity contribution >= 4 is 45.0 Å². The average molecular weight is 372 g/mol. The van der Waals surface area contributed by atoms with E-state index in [1.165, 1.54) is 13.1 Å². The van der Waals surface area contributed by atoms with Gasteiger partial charge in [0.05, 0.1) is 10.7 Å². The van der Waals surface area contributed by atoms with Crippen LogP contribution in [-0.2, 0) is 0 Å². The molecular formula is C14H12BrClN2O3. The molecule has 0 fully saturated rings. The lowest BCUT2D eigenvalue weighted by molar-refractivity contribution is 0.0960. The number of aryl methyl sites for hydroxylation is 1. The Kier molecular flexibility index (Phi) is 4.69. The van der Waals surface area contributed by atoms with E-state index in [2.05, 4.69) is 26.6 Å². The molecule has 1 aromatic carbocycles. The highest BCUT2D eigenvalue weighted by atomic mass is 79.9. The summed E-state index contributed by atoms with van der Waals surface area (Å²) >= 11 is 9.20. The first-order chi connectivity index (χ1) is 9.92. The van der Waals surface area contributed by atoms with E-state index in [1.54, 1.807) is 25.1 Å². The number of carbonyl (C=O) groups is 2. The summed E-state index contributed by atoms with van der Waals surface area (Å²) in [5.41, 5.74) is 1.43. The third kappa shape index (κ3) is 3.46. The van der Waals surface area contributed by atoms with Crippen LogP contribution in [0.1, 0.15) is 26.5 Å².